The van der Waals surface area contributed by atoms with E-state index in [2.05, 4.69) is 52.0 Å². The smallest absolute Gasteiger partial charge is 0.744 e. The van der Waals surface area contributed by atoms with E-state index in [0.29, 0.717) is 0 Å². The molecule has 0 heterocycles. The first kappa shape index (κ1) is 71.6. The van der Waals surface area contributed by atoms with Crippen LogP contribution in [0.2, 0.25) is 0 Å². The Morgan fingerprint density at radius 3 is 0.636 bits per heavy atom. The Morgan fingerprint density at radius 1 is 0.260 bits per heavy atom. The van der Waals surface area contributed by atoms with Crippen LogP contribution in [0.3, 0.4) is 0 Å². The number of hydrogen-bond donors (Lipinski definition) is 0. The molecule has 0 bridgehead atoms. The van der Waals surface area contributed by atoms with Gasteiger partial charge in [0.05, 0.1) is 9.79 Å². The molecule has 0 fully saturated rings. The third kappa shape index (κ3) is 32.1. The first-order chi connectivity index (χ1) is 36.9. The minimum absolute atomic E-state index is 0. The quantitative estimate of drug-likeness (QED) is 0.0247. The molecule has 0 amide bonds. The summed E-state index contributed by atoms with van der Waals surface area (Å²) in [6.45, 7) is 9.05. The van der Waals surface area contributed by atoms with E-state index < -0.39 is 20.2 Å². The number of fused-ring (bicyclic) bond motifs is 2. The van der Waals surface area contributed by atoms with Gasteiger partial charge < -0.3 is 9.11 Å². The van der Waals surface area contributed by atoms with Gasteiger partial charge >= 0.3 is 37.7 Å². The van der Waals surface area contributed by atoms with Crippen molar-refractivity contribution < 1.29 is 25.9 Å². The molecule has 4 rings (SSSR count). The third-order valence-electron chi connectivity index (χ3n) is 16.1. The van der Waals surface area contributed by atoms with Crippen LogP contribution < -0.4 is 0 Å². The molecule has 0 unspecified atom stereocenters. The molecule has 0 aliphatic heterocycles. The fourth-order valence-corrected chi connectivity index (χ4v) is 12.3. The van der Waals surface area contributed by atoms with E-state index in [0.717, 1.165) is 72.9 Å². The predicted molar refractivity (Wildman–Crippen MR) is 332 cm³/mol. The van der Waals surface area contributed by atoms with Gasteiger partial charge in [-0.05, 0) is 119 Å². The van der Waals surface area contributed by atoms with Crippen molar-refractivity contribution in [1.29, 1.82) is 0 Å². The van der Waals surface area contributed by atoms with Gasteiger partial charge in [0.1, 0.15) is 20.2 Å². The van der Waals surface area contributed by atoms with Crippen LogP contribution in [-0.2, 0) is 45.9 Å². The molecule has 0 saturated carbocycles. The van der Waals surface area contributed by atoms with Gasteiger partial charge in [0.25, 0.3) is 0 Å². The molecule has 0 aliphatic rings. The number of unbranched alkanes of at least 4 members (excludes halogenated alkanes) is 36. The van der Waals surface area contributed by atoms with E-state index in [9.17, 15) is 25.9 Å². The first-order valence-corrected chi connectivity index (χ1v) is 34.8. The first-order valence-electron chi connectivity index (χ1n) is 31.9. The maximum absolute atomic E-state index is 11.7. The normalized spacial score (nSPS) is 11.8. The van der Waals surface area contributed by atoms with Crippen LogP contribution in [0.1, 0.15) is 307 Å². The Bertz CT molecular complexity index is 2160. The third-order valence-corrected chi connectivity index (χ3v) is 17.8. The topological polar surface area (TPSA) is 114 Å². The van der Waals surface area contributed by atoms with Gasteiger partial charge in [-0.25, -0.2) is 16.8 Å². The van der Waals surface area contributed by atoms with Gasteiger partial charge in [-0.1, -0.05) is 295 Å². The molecular formula is C68H110CaO6S2. The van der Waals surface area contributed by atoms with Gasteiger partial charge in [-0.3, -0.25) is 0 Å². The summed E-state index contributed by atoms with van der Waals surface area (Å²) in [4.78, 5) is -0.212. The molecule has 4 aromatic rings. The van der Waals surface area contributed by atoms with Crippen molar-refractivity contribution in [2.24, 2.45) is 0 Å². The largest absolute Gasteiger partial charge is 2.00 e. The maximum Gasteiger partial charge on any atom is 2.00 e. The summed E-state index contributed by atoms with van der Waals surface area (Å²) in [5.41, 5.74) is 4.91. The molecule has 0 aliphatic carbocycles. The summed E-state index contributed by atoms with van der Waals surface area (Å²) in [6, 6.07) is 18.8. The van der Waals surface area contributed by atoms with Crippen molar-refractivity contribution in [3.8, 4) is 0 Å². The fraction of sp³-hybridized carbons (Fsp3) is 0.706. The molecule has 0 saturated heterocycles. The molecular weight excluding hydrogens is 1020 g/mol. The van der Waals surface area contributed by atoms with Gasteiger partial charge in [-0.15, -0.1) is 0 Å². The zero-order valence-corrected chi connectivity index (χ0v) is 53.7. The number of rotatable bonds is 46. The Hall–Kier alpha value is -1.52. The van der Waals surface area contributed by atoms with E-state index in [1.165, 1.54) is 266 Å². The van der Waals surface area contributed by atoms with Crippen molar-refractivity contribution in [3.63, 3.8) is 0 Å². The molecule has 4 aromatic carbocycles. The SMILES string of the molecule is CCCCCCCCCCCCc1ccc(CCCCCCCCCCCC)c2cc(S(=O)(=O)[O-])ccc12.CCCCCCCCCCCCc1ccc(CCCCCCCCCCCC)c2cc(S(=O)(=O)[O-])ccc12.[Ca+2]. The summed E-state index contributed by atoms with van der Waals surface area (Å²) < 4.78 is 70.4. The van der Waals surface area contributed by atoms with E-state index in [1.54, 1.807) is 12.1 Å². The standard InChI is InChI=1S/2C34H56O3S.Ca/c2*1-3-5-7-9-11-13-15-17-19-21-23-30-25-26-31(24-22-20-18-16-14-12-10-8-6-4-2)34-29-32(38(35,36)37)27-28-33(30)34;/h2*25-29H,3-24H2,1-2H3,(H,35,36,37);/q;;+2/p-2. The molecule has 0 N–H and O–H groups in total. The number of benzene rings is 4. The fourth-order valence-electron chi connectivity index (χ4n) is 11.3. The van der Waals surface area contributed by atoms with Crippen LogP contribution in [0.15, 0.2) is 70.5 Å². The minimum atomic E-state index is -4.46. The number of aryl methyl sites for hydroxylation is 4. The summed E-state index contributed by atoms with van der Waals surface area (Å²) in [5, 5.41) is 4.17. The van der Waals surface area contributed by atoms with Crippen molar-refractivity contribution in [2.75, 3.05) is 0 Å². The van der Waals surface area contributed by atoms with Crippen LogP contribution >= 0.6 is 0 Å². The van der Waals surface area contributed by atoms with Crippen LogP contribution in [0.4, 0.5) is 0 Å². The van der Waals surface area contributed by atoms with Crippen molar-refractivity contribution in [3.05, 3.63) is 82.9 Å². The second-order valence-corrected chi connectivity index (χ2v) is 25.6. The molecule has 0 radical (unpaired) electrons. The average Bonchev–Trinajstić information content (AvgIpc) is 3.41. The van der Waals surface area contributed by atoms with E-state index >= 15 is 0 Å². The van der Waals surface area contributed by atoms with Crippen LogP contribution in [0.25, 0.3) is 21.5 Å². The van der Waals surface area contributed by atoms with Gasteiger partial charge in [-0.2, -0.15) is 0 Å². The summed E-state index contributed by atoms with van der Waals surface area (Å²) in [5.74, 6) is 0. The minimum Gasteiger partial charge on any atom is -0.744 e. The second-order valence-electron chi connectivity index (χ2n) is 22.8. The van der Waals surface area contributed by atoms with Gasteiger partial charge in [0, 0.05) is 0 Å². The second kappa shape index (κ2) is 45.1. The Balaban J connectivity index is 0.000000520. The van der Waals surface area contributed by atoms with E-state index in [4.69, 9.17) is 0 Å². The molecule has 432 valence electrons. The molecule has 0 aromatic heterocycles. The van der Waals surface area contributed by atoms with Crippen molar-refractivity contribution in [2.45, 2.75) is 320 Å². The zero-order chi connectivity index (χ0) is 55.0. The molecule has 0 spiro atoms. The molecule has 0 atom stereocenters. The summed E-state index contributed by atoms with van der Waals surface area (Å²) in [6.07, 6.45) is 56.3. The van der Waals surface area contributed by atoms with Crippen LogP contribution in [-0.4, -0.2) is 63.7 Å². The van der Waals surface area contributed by atoms with E-state index in [-0.39, 0.29) is 47.5 Å². The molecule has 77 heavy (non-hydrogen) atoms. The number of hydrogen-bond acceptors (Lipinski definition) is 6. The Kier molecular flexibility index (Phi) is 41.9. The predicted octanol–water partition coefficient (Wildman–Crippen LogP) is 21.0. The van der Waals surface area contributed by atoms with Crippen molar-refractivity contribution >= 4 is 79.5 Å². The monoisotopic (exact) mass is 1130 g/mol. The zero-order valence-electron chi connectivity index (χ0n) is 49.9. The van der Waals surface area contributed by atoms with Gasteiger partial charge in [0.2, 0.25) is 0 Å². The molecule has 6 nitrogen and oxygen atoms in total. The van der Waals surface area contributed by atoms with Gasteiger partial charge in [0.15, 0.2) is 0 Å². The van der Waals surface area contributed by atoms with Crippen LogP contribution in [0, 0.1) is 0 Å². The summed E-state index contributed by atoms with van der Waals surface area (Å²) >= 11 is 0. The van der Waals surface area contributed by atoms with Crippen molar-refractivity contribution in [1.82, 2.24) is 0 Å². The Labute approximate surface area is 504 Å². The summed E-state index contributed by atoms with van der Waals surface area (Å²) in [7, 11) is -8.91. The average molecular weight is 1130 g/mol. The van der Waals surface area contributed by atoms with Crippen LogP contribution in [0.5, 0.6) is 0 Å². The Morgan fingerprint density at radius 2 is 0.442 bits per heavy atom. The molecule has 9 heteroatoms. The van der Waals surface area contributed by atoms with E-state index in [1.807, 2.05) is 12.1 Å². The maximum atomic E-state index is 11.7.